The first kappa shape index (κ1) is 17.9. The molecule has 5 rings (SSSR count). The summed E-state index contributed by atoms with van der Waals surface area (Å²) in [5, 5.41) is 2.88. The van der Waals surface area contributed by atoms with Crippen molar-refractivity contribution in [1.82, 2.24) is 5.32 Å². The minimum atomic E-state index is -0.364. The van der Waals surface area contributed by atoms with Gasteiger partial charge in [0.1, 0.15) is 13.2 Å². The van der Waals surface area contributed by atoms with E-state index in [-0.39, 0.29) is 30.4 Å². The summed E-state index contributed by atoms with van der Waals surface area (Å²) in [5.41, 5.74) is 0.756. The molecule has 5 heteroatoms. The molecule has 26 heavy (non-hydrogen) atoms. The summed E-state index contributed by atoms with van der Waals surface area (Å²) in [4.78, 5) is 26.0. The Morgan fingerprint density at radius 2 is 1.65 bits per heavy atom. The second kappa shape index (κ2) is 7.26. The summed E-state index contributed by atoms with van der Waals surface area (Å²) in [6.45, 7) is 0.226. The van der Waals surface area contributed by atoms with Crippen LogP contribution in [-0.2, 0) is 20.9 Å². The summed E-state index contributed by atoms with van der Waals surface area (Å²) >= 11 is 1.68. The number of thioether (sulfide) groups is 1. The monoisotopic (exact) mass is 373 g/mol. The second-order valence-electron chi connectivity index (χ2n) is 8.39. The average Bonchev–Trinajstić information content (AvgIpc) is 2.63. The van der Waals surface area contributed by atoms with E-state index < -0.39 is 0 Å². The highest BCUT2D eigenvalue weighted by atomic mass is 32.2. The van der Waals surface area contributed by atoms with Crippen LogP contribution in [0.5, 0.6) is 0 Å². The molecule has 0 radical (unpaired) electrons. The van der Waals surface area contributed by atoms with Gasteiger partial charge in [0.05, 0.1) is 0 Å². The van der Waals surface area contributed by atoms with E-state index in [2.05, 4.69) is 5.32 Å². The van der Waals surface area contributed by atoms with Crippen LogP contribution in [-0.4, -0.2) is 24.7 Å². The number of rotatable bonds is 6. The third-order valence-corrected chi connectivity index (χ3v) is 7.22. The van der Waals surface area contributed by atoms with Gasteiger partial charge in [0.25, 0.3) is 0 Å². The Labute approximate surface area is 159 Å². The molecule has 140 valence electrons. The quantitative estimate of drug-likeness (QED) is 0.609. The molecular formula is C21H27NO3S. The SMILES string of the molecule is CSc1ccc(COC(=O)CNC(=O)C23CC4CC(CC(C4)C2)C3)cc1. The molecule has 0 spiro atoms. The van der Waals surface area contributed by atoms with Crippen molar-refractivity contribution in [2.24, 2.45) is 23.2 Å². The van der Waals surface area contributed by atoms with Gasteiger partial charge in [-0.05, 0) is 80.2 Å². The van der Waals surface area contributed by atoms with Crippen LogP contribution < -0.4 is 5.32 Å². The predicted molar refractivity (Wildman–Crippen MR) is 102 cm³/mol. The number of carbonyl (C=O) groups excluding carboxylic acids is 2. The molecule has 0 heterocycles. The summed E-state index contributed by atoms with van der Waals surface area (Å²) in [6, 6.07) is 7.96. The van der Waals surface area contributed by atoms with Gasteiger partial charge in [-0.2, -0.15) is 0 Å². The summed E-state index contributed by atoms with van der Waals surface area (Å²) in [7, 11) is 0. The molecule has 4 fully saturated rings. The highest BCUT2D eigenvalue weighted by molar-refractivity contribution is 7.98. The maximum Gasteiger partial charge on any atom is 0.325 e. The molecule has 0 aromatic heterocycles. The highest BCUT2D eigenvalue weighted by Crippen LogP contribution is 2.60. The number of amides is 1. The Balaban J connectivity index is 1.26. The van der Waals surface area contributed by atoms with Gasteiger partial charge in [-0.25, -0.2) is 0 Å². The van der Waals surface area contributed by atoms with E-state index in [0.717, 1.165) is 42.6 Å². The molecule has 4 saturated carbocycles. The lowest BCUT2D eigenvalue weighted by Crippen LogP contribution is -2.54. The van der Waals surface area contributed by atoms with Crippen molar-refractivity contribution < 1.29 is 14.3 Å². The Hall–Kier alpha value is -1.49. The maximum atomic E-state index is 12.8. The van der Waals surface area contributed by atoms with Gasteiger partial charge in [0, 0.05) is 10.3 Å². The van der Waals surface area contributed by atoms with Crippen LogP contribution in [0, 0.1) is 23.2 Å². The van der Waals surface area contributed by atoms with E-state index in [9.17, 15) is 9.59 Å². The van der Waals surface area contributed by atoms with Crippen molar-refractivity contribution in [2.45, 2.75) is 50.0 Å². The zero-order valence-electron chi connectivity index (χ0n) is 15.3. The molecule has 4 nitrogen and oxygen atoms in total. The molecule has 0 saturated heterocycles. The lowest BCUT2D eigenvalue weighted by Gasteiger charge is -2.55. The topological polar surface area (TPSA) is 55.4 Å². The van der Waals surface area contributed by atoms with Crippen molar-refractivity contribution in [3.63, 3.8) is 0 Å². The fraction of sp³-hybridized carbons (Fsp3) is 0.619. The molecule has 0 aliphatic heterocycles. The van der Waals surface area contributed by atoms with E-state index in [1.807, 2.05) is 30.5 Å². The Bertz CT molecular complexity index is 650. The number of hydrogen-bond acceptors (Lipinski definition) is 4. The molecule has 0 atom stereocenters. The first-order valence-corrected chi connectivity index (χ1v) is 10.9. The summed E-state index contributed by atoms with van der Waals surface area (Å²) < 4.78 is 5.31. The van der Waals surface area contributed by atoms with Crippen LogP contribution >= 0.6 is 11.8 Å². The van der Waals surface area contributed by atoms with Crippen LogP contribution in [0.1, 0.15) is 44.1 Å². The first-order chi connectivity index (χ1) is 12.6. The number of nitrogens with one attached hydrogen (secondary N) is 1. The van der Waals surface area contributed by atoms with E-state index in [0.29, 0.717) is 0 Å². The molecule has 1 aromatic rings. The number of benzene rings is 1. The predicted octanol–water partition coefficient (Wildman–Crippen LogP) is 3.78. The highest BCUT2D eigenvalue weighted by Gasteiger charge is 2.54. The van der Waals surface area contributed by atoms with Crippen molar-refractivity contribution in [3.05, 3.63) is 29.8 Å². The van der Waals surface area contributed by atoms with Crippen LogP contribution in [0.2, 0.25) is 0 Å². The van der Waals surface area contributed by atoms with Gasteiger partial charge >= 0.3 is 5.97 Å². The molecule has 4 bridgehead atoms. The Morgan fingerprint density at radius 1 is 1.08 bits per heavy atom. The van der Waals surface area contributed by atoms with Crippen LogP contribution in [0.15, 0.2) is 29.2 Å². The van der Waals surface area contributed by atoms with E-state index in [4.69, 9.17) is 4.74 Å². The fourth-order valence-electron chi connectivity index (χ4n) is 5.67. The van der Waals surface area contributed by atoms with E-state index in [1.54, 1.807) is 11.8 Å². The Morgan fingerprint density at radius 3 is 2.19 bits per heavy atom. The first-order valence-electron chi connectivity index (χ1n) is 9.63. The molecule has 1 aromatic carbocycles. The fourth-order valence-corrected chi connectivity index (χ4v) is 6.07. The minimum absolute atomic E-state index is 0.0243. The minimum Gasteiger partial charge on any atom is -0.460 e. The van der Waals surface area contributed by atoms with Crippen LogP contribution in [0.25, 0.3) is 0 Å². The zero-order chi connectivity index (χ0) is 18.1. The average molecular weight is 374 g/mol. The number of esters is 1. The molecule has 1 N–H and O–H groups in total. The lowest BCUT2D eigenvalue weighted by molar-refractivity contribution is -0.151. The van der Waals surface area contributed by atoms with Gasteiger partial charge in [-0.1, -0.05) is 12.1 Å². The third-order valence-electron chi connectivity index (χ3n) is 6.47. The number of carbonyl (C=O) groups is 2. The smallest absolute Gasteiger partial charge is 0.325 e. The summed E-state index contributed by atoms with van der Waals surface area (Å²) in [6.07, 6.45) is 9.00. The van der Waals surface area contributed by atoms with Crippen molar-refractivity contribution in [2.75, 3.05) is 12.8 Å². The lowest BCUT2D eigenvalue weighted by atomic mass is 9.49. The third kappa shape index (κ3) is 3.64. The van der Waals surface area contributed by atoms with Crippen molar-refractivity contribution in [3.8, 4) is 0 Å². The molecule has 0 unspecified atom stereocenters. The van der Waals surface area contributed by atoms with Gasteiger partial charge in [0.15, 0.2) is 0 Å². The van der Waals surface area contributed by atoms with Crippen molar-refractivity contribution in [1.29, 1.82) is 0 Å². The summed E-state index contributed by atoms with van der Waals surface area (Å²) in [5.74, 6) is 1.89. The van der Waals surface area contributed by atoms with Crippen molar-refractivity contribution >= 4 is 23.6 Å². The number of hydrogen-bond donors (Lipinski definition) is 1. The van der Waals surface area contributed by atoms with E-state index in [1.165, 1.54) is 24.2 Å². The normalized spacial score (nSPS) is 31.7. The Kier molecular flexibility index (Phi) is 5.00. The van der Waals surface area contributed by atoms with Crippen LogP contribution in [0.4, 0.5) is 0 Å². The molecular weight excluding hydrogens is 346 g/mol. The van der Waals surface area contributed by atoms with Gasteiger partial charge < -0.3 is 10.1 Å². The zero-order valence-corrected chi connectivity index (χ0v) is 16.1. The largest absolute Gasteiger partial charge is 0.460 e. The van der Waals surface area contributed by atoms with Gasteiger partial charge in [-0.15, -0.1) is 11.8 Å². The standard InChI is InChI=1S/C21H27NO3S/c1-26-18-4-2-14(3-5-18)13-25-19(23)12-22-20(24)21-9-15-6-16(10-21)8-17(7-15)11-21/h2-5,15-17H,6-13H2,1H3,(H,22,24). The van der Waals surface area contributed by atoms with Crippen LogP contribution in [0.3, 0.4) is 0 Å². The van der Waals surface area contributed by atoms with Gasteiger partial charge in [0.2, 0.25) is 5.91 Å². The number of ether oxygens (including phenoxy) is 1. The maximum absolute atomic E-state index is 12.8. The van der Waals surface area contributed by atoms with E-state index >= 15 is 0 Å². The van der Waals surface area contributed by atoms with Gasteiger partial charge in [-0.3, -0.25) is 9.59 Å². The molecule has 4 aliphatic carbocycles. The molecule has 1 amide bonds. The second-order valence-corrected chi connectivity index (χ2v) is 9.27. The molecule has 4 aliphatic rings.